The molecule has 2 amide bonds. The third-order valence-electron chi connectivity index (χ3n) is 3.29. The number of nitrogens with zero attached hydrogens (tertiary/aromatic N) is 1. The zero-order chi connectivity index (χ0) is 20.1. The number of anilines is 2. The molecule has 146 valence electrons. The number of aromatic nitrogens is 1. The second-order valence-corrected chi connectivity index (χ2v) is 7.54. The maximum Gasteiger partial charge on any atom is 0.387 e. The third kappa shape index (κ3) is 5.47. The van der Waals surface area contributed by atoms with Crippen molar-refractivity contribution < 1.29 is 23.1 Å². The average molecular weight is 444 g/mol. The summed E-state index contributed by atoms with van der Waals surface area (Å²) in [6, 6.07) is 7.42. The van der Waals surface area contributed by atoms with E-state index in [9.17, 15) is 18.4 Å². The maximum absolute atomic E-state index is 12.2. The lowest BCUT2D eigenvalue weighted by molar-refractivity contribution is -0.115. The standard InChI is InChI=1S/C17H12ClF2N3O3S2/c18-11-6-9(3-4-12(11)26-16(19)20)21-14(24)7-10-8-28-17(22-10)23-15(25)13-2-1-5-27-13/h1-6,8,16H,7H2,(H,21,24)(H,22,23,25). The molecular weight excluding hydrogens is 432 g/mol. The van der Waals surface area contributed by atoms with Crippen molar-refractivity contribution in [2.45, 2.75) is 13.0 Å². The molecule has 0 saturated heterocycles. The second-order valence-electron chi connectivity index (χ2n) is 5.32. The molecule has 0 unspecified atom stereocenters. The lowest BCUT2D eigenvalue weighted by Crippen LogP contribution is -2.15. The first-order chi connectivity index (χ1) is 13.4. The van der Waals surface area contributed by atoms with Crippen LogP contribution in [0.4, 0.5) is 19.6 Å². The minimum absolute atomic E-state index is 0.0295. The van der Waals surface area contributed by atoms with Gasteiger partial charge >= 0.3 is 6.61 Å². The van der Waals surface area contributed by atoms with Gasteiger partial charge in [-0.25, -0.2) is 4.98 Å². The number of nitrogens with one attached hydrogen (secondary N) is 2. The number of ether oxygens (including phenoxy) is 1. The number of hydrogen-bond donors (Lipinski definition) is 2. The van der Waals surface area contributed by atoms with Crippen LogP contribution in [0.3, 0.4) is 0 Å². The van der Waals surface area contributed by atoms with Crippen molar-refractivity contribution in [1.82, 2.24) is 4.98 Å². The summed E-state index contributed by atoms with van der Waals surface area (Å²) in [5.41, 5.74) is 0.811. The van der Waals surface area contributed by atoms with Crippen LogP contribution in [-0.2, 0) is 11.2 Å². The highest BCUT2D eigenvalue weighted by Gasteiger charge is 2.13. The smallest absolute Gasteiger partial charge is 0.387 e. The van der Waals surface area contributed by atoms with Crippen LogP contribution in [0.5, 0.6) is 5.75 Å². The number of halogens is 3. The molecule has 0 aliphatic rings. The fraction of sp³-hybridized carbons (Fsp3) is 0.118. The summed E-state index contributed by atoms with van der Waals surface area (Å²) >= 11 is 8.37. The Bertz CT molecular complexity index is 980. The van der Waals surface area contributed by atoms with Gasteiger partial charge in [0.15, 0.2) is 5.13 Å². The molecule has 2 N–H and O–H groups in total. The van der Waals surface area contributed by atoms with E-state index in [0.29, 0.717) is 21.4 Å². The molecule has 0 spiro atoms. The molecule has 0 saturated carbocycles. The van der Waals surface area contributed by atoms with Gasteiger partial charge in [-0.05, 0) is 29.6 Å². The molecular formula is C17H12ClF2N3O3S2. The van der Waals surface area contributed by atoms with Gasteiger partial charge in [-0.15, -0.1) is 22.7 Å². The molecule has 0 aliphatic carbocycles. The number of hydrogen-bond acceptors (Lipinski definition) is 6. The van der Waals surface area contributed by atoms with E-state index in [1.807, 2.05) is 0 Å². The van der Waals surface area contributed by atoms with Crippen LogP contribution in [0.15, 0.2) is 41.1 Å². The number of thiazole rings is 1. The summed E-state index contributed by atoms with van der Waals surface area (Å²) in [6.45, 7) is -2.99. The molecule has 1 aromatic carbocycles. The number of carbonyl (C=O) groups excluding carboxylic acids is 2. The van der Waals surface area contributed by atoms with Crippen LogP contribution < -0.4 is 15.4 Å². The third-order valence-corrected chi connectivity index (χ3v) is 5.26. The number of amides is 2. The average Bonchev–Trinajstić information content (AvgIpc) is 3.29. The predicted octanol–water partition coefficient (Wildman–Crippen LogP) is 4.89. The van der Waals surface area contributed by atoms with Gasteiger partial charge in [0, 0.05) is 11.1 Å². The first-order valence-corrected chi connectivity index (χ1v) is 9.88. The first-order valence-electron chi connectivity index (χ1n) is 7.74. The highest BCUT2D eigenvalue weighted by Crippen LogP contribution is 2.29. The van der Waals surface area contributed by atoms with E-state index in [4.69, 9.17) is 11.6 Å². The predicted molar refractivity (Wildman–Crippen MR) is 105 cm³/mol. The zero-order valence-electron chi connectivity index (χ0n) is 13.9. The number of thiophene rings is 1. The summed E-state index contributed by atoms with van der Waals surface area (Å²) < 4.78 is 28.7. The molecule has 0 radical (unpaired) electrons. The maximum atomic E-state index is 12.2. The molecule has 2 heterocycles. The van der Waals surface area contributed by atoms with Gasteiger partial charge in [0.2, 0.25) is 5.91 Å². The summed E-state index contributed by atoms with van der Waals surface area (Å²) in [6.07, 6.45) is -0.0295. The van der Waals surface area contributed by atoms with Crippen LogP contribution >= 0.6 is 34.3 Å². The molecule has 0 aliphatic heterocycles. The highest BCUT2D eigenvalue weighted by molar-refractivity contribution is 7.14. The van der Waals surface area contributed by atoms with Crippen molar-refractivity contribution in [1.29, 1.82) is 0 Å². The Morgan fingerprint density at radius 3 is 2.71 bits per heavy atom. The summed E-state index contributed by atoms with van der Waals surface area (Å²) in [4.78, 5) is 28.9. The molecule has 0 fully saturated rings. The fourth-order valence-corrected chi connectivity index (χ4v) is 3.70. The number of benzene rings is 1. The molecule has 11 heteroatoms. The summed E-state index contributed by atoms with van der Waals surface area (Å²) in [5, 5.41) is 9.06. The first kappa shape index (κ1) is 20.2. The molecule has 3 aromatic rings. The molecule has 6 nitrogen and oxygen atoms in total. The molecule has 0 atom stereocenters. The van der Waals surface area contributed by atoms with Gasteiger partial charge in [-0.2, -0.15) is 8.78 Å². The summed E-state index contributed by atoms with van der Waals surface area (Å²) in [7, 11) is 0. The van der Waals surface area contributed by atoms with Crippen molar-refractivity contribution in [2.24, 2.45) is 0 Å². The minimum atomic E-state index is -2.99. The Morgan fingerprint density at radius 2 is 2.04 bits per heavy atom. The number of carbonyl (C=O) groups is 2. The number of rotatable bonds is 7. The van der Waals surface area contributed by atoms with Crippen LogP contribution in [0.2, 0.25) is 5.02 Å². The Labute approximate surface area is 171 Å². The van der Waals surface area contributed by atoms with Crippen molar-refractivity contribution in [3.05, 3.63) is 56.7 Å². The van der Waals surface area contributed by atoms with E-state index in [0.717, 1.165) is 0 Å². The fourth-order valence-electron chi connectivity index (χ4n) is 2.15. The van der Waals surface area contributed by atoms with Crippen molar-refractivity contribution in [2.75, 3.05) is 10.6 Å². The number of alkyl halides is 2. The second kappa shape index (κ2) is 9.09. The van der Waals surface area contributed by atoms with E-state index in [-0.39, 0.29) is 29.0 Å². The zero-order valence-corrected chi connectivity index (χ0v) is 16.3. The molecule has 2 aromatic heterocycles. The molecule has 28 heavy (non-hydrogen) atoms. The molecule has 3 rings (SSSR count). The van der Waals surface area contributed by atoms with E-state index in [1.54, 1.807) is 22.9 Å². The highest BCUT2D eigenvalue weighted by atomic mass is 35.5. The van der Waals surface area contributed by atoms with Gasteiger partial charge < -0.3 is 10.1 Å². The lowest BCUT2D eigenvalue weighted by Gasteiger charge is -2.09. The van der Waals surface area contributed by atoms with Gasteiger partial charge in [-0.1, -0.05) is 17.7 Å². The van der Waals surface area contributed by atoms with Crippen molar-refractivity contribution in [3.63, 3.8) is 0 Å². The quantitative estimate of drug-likeness (QED) is 0.544. The van der Waals surface area contributed by atoms with Crippen LogP contribution in [0.1, 0.15) is 15.4 Å². The molecule has 0 bridgehead atoms. The minimum Gasteiger partial charge on any atom is -0.433 e. The lowest BCUT2D eigenvalue weighted by atomic mass is 10.2. The van der Waals surface area contributed by atoms with Crippen LogP contribution in [0.25, 0.3) is 0 Å². The van der Waals surface area contributed by atoms with E-state index in [2.05, 4.69) is 20.4 Å². The van der Waals surface area contributed by atoms with Crippen LogP contribution in [-0.4, -0.2) is 23.4 Å². The van der Waals surface area contributed by atoms with Gasteiger partial charge in [0.05, 0.1) is 22.0 Å². The van der Waals surface area contributed by atoms with Crippen LogP contribution in [0, 0.1) is 0 Å². The van der Waals surface area contributed by atoms with E-state index in [1.165, 1.54) is 40.9 Å². The Hall–Kier alpha value is -2.56. The Balaban J connectivity index is 1.56. The van der Waals surface area contributed by atoms with E-state index < -0.39 is 6.61 Å². The monoisotopic (exact) mass is 443 g/mol. The largest absolute Gasteiger partial charge is 0.433 e. The Kier molecular flexibility index (Phi) is 6.55. The normalized spacial score (nSPS) is 10.7. The van der Waals surface area contributed by atoms with E-state index >= 15 is 0 Å². The van der Waals surface area contributed by atoms with Gasteiger partial charge in [-0.3, -0.25) is 14.9 Å². The van der Waals surface area contributed by atoms with Crippen molar-refractivity contribution >= 4 is 56.9 Å². The van der Waals surface area contributed by atoms with Gasteiger partial charge in [0.1, 0.15) is 5.75 Å². The van der Waals surface area contributed by atoms with Gasteiger partial charge in [0.25, 0.3) is 5.91 Å². The SMILES string of the molecule is O=C(Cc1csc(NC(=O)c2cccs2)n1)Nc1ccc(OC(F)F)c(Cl)c1. The van der Waals surface area contributed by atoms with Crippen molar-refractivity contribution in [3.8, 4) is 5.75 Å². The topological polar surface area (TPSA) is 80.3 Å². The Morgan fingerprint density at radius 1 is 1.21 bits per heavy atom. The summed E-state index contributed by atoms with van der Waals surface area (Å²) in [5.74, 6) is -0.818.